The molecule has 120 valence electrons. The van der Waals surface area contributed by atoms with Crippen molar-refractivity contribution in [2.75, 3.05) is 7.11 Å². The van der Waals surface area contributed by atoms with Gasteiger partial charge in [-0.05, 0) is 35.4 Å². The molecule has 0 unspecified atom stereocenters. The van der Waals surface area contributed by atoms with Crippen molar-refractivity contribution in [3.05, 3.63) is 70.8 Å². The topological polar surface area (TPSA) is 38.7 Å². The summed E-state index contributed by atoms with van der Waals surface area (Å²) in [7, 11) is 1.31. The fourth-order valence-corrected chi connectivity index (χ4v) is 1.88. The fraction of sp³-hybridized carbons (Fsp3) is 0.176. The lowest BCUT2D eigenvalue weighted by atomic mass is 10.1. The molecular formula is C17H14F3NO2. The highest BCUT2D eigenvalue weighted by Crippen LogP contribution is 2.29. The van der Waals surface area contributed by atoms with E-state index in [2.05, 4.69) is 9.73 Å². The van der Waals surface area contributed by atoms with Gasteiger partial charge < -0.3 is 4.74 Å². The molecule has 0 spiro atoms. The molecule has 2 aromatic rings. The molecule has 0 radical (unpaired) electrons. The highest BCUT2D eigenvalue weighted by Gasteiger charge is 2.29. The van der Waals surface area contributed by atoms with Gasteiger partial charge in [-0.1, -0.05) is 24.3 Å². The van der Waals surface area contributed by atoms with Gasteiger partial charge in [-0.15, -0.1) is 0 Å². The van der Waals surface area contributed by atoms with E-state index in [1.807, 2.05) is 0 Å². The zero-order chi connectivity index (χ0) is 16.9. The van der Waals surface area contributed by atoms with Crippen LogP contribution in [0.15, 0.2) is 53.5 Å². The van der Waals surface area contributed by atoms with E-state index < -0.39 is 17.7 Å². The van der Waals surface area contributed by atoms with Crippen LogP contribution >= 0.6 is 0 Å². The molecule has 2 aromatic carbocycles. The Hall–Kier alpha value is -2.63. The Bertz CT molecular complexity index is 689. The number of rotatable bonds is 4. The molecular weight excluding hydrogens is 307 g/mol. The van der Waals surface area contributed by atoms with Crippen LogP contribution in [0.3, 0.4) is 0 Å². The molecule has 0 saturated heterocycles. The number of aliphatic imine (C=N–C) groups is 1. The first kappa shape index (κ1) is 16.7. The van der Waals surface area contributed by atoms with Gasteiger partial charge in [0.05, 0.1) is 24.8 Å². The number of methoxy groups -OCH3 is 1. The number of hydrogen-bond acceptors (Lipinski definition) is 3. The van der Waals surface area contributed by atoms with E-state index in [0.717, 1.165) is 17.7 Å². The Morgan fingerprint density at radius 3 is 2.22 bits per heavy atom. The Labute approximate surface area is 131 Å². The van der Waals surface area contributed by atoms with E-state index in [9.17, 15) is 18.0 Å². The lowest BCUT2D eigenvalue weighted by Gasteiger charge is -2.06. The van der Waals surface area contributed by atoms with Crippen molar-refractivity contribution < 1.29 is 22.7 Å². The predicted octanol–water partition coefficient (Wildman–Crippen LogP) is 4.11. The largest absolute Gasteiger partial charge is 0.465 e. The van der Waals surface area contributed by atoms with Crippen molar-refractivity contribution in [2.45, 2.75) is 12.7 Å². The number of hydrogen-bond donors (Lipinski definition) is 0. The van der Waals surface area contributed by atoms with Crippen LogP contribution in [0.25, 0.3) is 0 Å². The maximum Gasteiger partial charge on any atom is 0.416 e. The van der Waals surface area contributed by atoms with Crippen molar-refractivity contribution >= 4 is 12.2 Å². The van der Waals surface area contributed by atoms with Gasteiger partial charge >= 0.3 is 12.1 Å². The number of carbonyl (C=O) groups excluding carboxylic acids is 1. The van der Waals surface area contributed by atoms with Crippen LogP contribution < -0.4 is 0 Å². The van der Waals surface area contributed by atoms with E-state index >= 15 is 0 Å². The lowest BCUT2D eigenvalue weighted by Crippen LogP contribution is -2.04. The van der Waals surface area contributed by atoms with Crippen LogP contribution in [0.2, 0.25) is 0 Å². The van der Waals surface area contributed by atoms with Crippen molar-refractivity contribution in [1.82, 2.24) is 0 Å². The van der Waals surface area contributed by atoms with E-state index in [0.29, 0.717) is 11.1 Å². The summed E-state index contributed by atoms with van der Waals surface area (Å²) in [5.41, 5.74) is 1.22. The molecule has 0 atom stereocenters. The van der Waals surface area contributed by atoms with Crippen LogP contribution in [0.5, 0.6) is 0 Å². The lowest BCUT2D eigenvalue weighted by molar-refractivity contribution is -0.137. The number of nitrogens with zero attached hydrogens (tertiary/aromatic N) is 1. The van der Waals surface area contributed by atoms with Gasteiger partial charge in [0.15, 0.2) is 0 Å². The van der Waals surface area contributed by atoms with Crippen LogP contribution in [0.4, 0.5) is 13.2 Å². The zero-order valence-corrected chi connectivity index (χ0v) is 12.3. The number of benzene rings is 2. The maximum atomic E-state index is 12.4. The second kappa shape index (κ2) is 7.09. The number of carbonyl (C=O) groups is 1. The molecule has 0 saturated carbocycles. The summed E-state index contributed by atoms with van der Waals surface area (Å²) < 4.78 is 41.9. The zero-order valence-electron chi connectivity index (χ0n) is 12.3. The number of esters is 1. The molecule has 0 aromatic heterocycles. The molecule has 0 aliphatic carbocycles. The molecule has 0 aliphatic rings. The highest BCUT2D eigenvalue weighted by molar-refractivity contribution is 5.90. The molecule has 3 nitrogen and oxygen atoms in total. The SMILES string of the molecule is COC(=O)c1ccc(C=NCc2ccc(C(F)(F)F)cc2)cc1. The Morgan fingerprint density at radius 1 is 1.09 bits per heavy atom. The summed E-state index contributed by atoms with van der Waals surface area (Å²) in [5, 5.41) is 0. The molecule has 0 N–H and O–H groups in total. The fourth-order valence-electron chi connectivity index (χ4n) is 1.88. The van der Waals surface area contributed by atoms with Gasteiger partial charge in [-0.2, -0.15) is 13.2 Å². The molecule has 2 rings (SSSR count). The summed E-state index contributed by atoms with van der Waals surface area (Å²) in [4.78, 5) is 15.5. The molecule has 0 fully saturated rings. The third-order valence-corrected chi connectivity index (χ3v) is 3.13. The first-order chi connectivity index (χ1) is 10.9. The minimum Gasteiger partial charge on any atom is -0.465 e. The maximum absolute atomic E-state index is 12.4. The molecule has 0 aliphatic heterocycles. The quantitative estimate of drug-likeness (QED) is 0.628. The summed E-state index contributed by atoms with van der Waals surface area (Å²) >= 11 is 0. The summed E-state index contributed by atoms with van der Waals surface area (Å²) in [6.45, 7) is 0.275. The van der Waals surface area contributed by atoms with E-state index in [4.69, 9.17) is 0 Å². The Kier molecular flexibility index (Phi) is 5.16. The number of alkyl halides is 3. The van der Waals surface area contributed by atoms with Gasteiger partial charge in [0.2, 0.25) is 0 Å². The van der Waals surface area contributed by atoms with E-state index in [1.165, 1.54) is 19.2 Å². The monoisotopic (exact) mass is 321 g/mol. The molecule has 6 heteroatoms. The first-order valence-corrected chi connectivity index (χ1v) is 6.74. The van der Waals surface area contributed by atoms with Crippen molar-refractivity contribution in [3.8, 4) is 0 Å². The Balaban J connectivity index is 1.97. The van der Waals surface area contributed by atoms with E-state index in [-0.39, 0.29) is 6.54 Å². The second-order valence-electron chi connectivity index (χ2n) is 4.78. The number of ether oxygens (including phenoxy) is 1. The van der Waals surface area contributed by atoms with Crippen LogP contribution in [0.1, 0.15) is 27.0 Å². The highest BCUT2D eigenvalue weighted by atomic mass is 19.4. The average Bonchev–Trinajstić information content (AvgIpc) is 2.54. The minimum atomic E-state index is -4.33. The average molecular weight is 321 g/mol. The van der Waals surface area contributed by atoms with Crippen molar-refractivity contribution in [1.29, 1.82) is 0 Å². The third-order valence-electron chi connectivity index (χ3n) is 3.13. The van der Waals surface area contributed by atoms with Gasteiger partial charge in [0, 0.05) is 6.21 Å². The molecule has 0 bridgehead atoms. The standard InChI is InChI=1S/C17H14F3NO2/c1-23-16(22)14-6-2-12(3-7-14)10-21-11-13-4-8-15(9-5-13)17(18,19)20/h2-10H,11H2,1H3. The van der Waals surface area contributed by atoms with Crippen LogP contribution in [0, 0.1) is 0 Å². The third kappa shape index (κ3) is 4.67. The molecule has 0 heterocycles. The number of halogens is 3. The normalized spacial score (nSPS) is 11.7. The molecule has 23 heavy (non-hydrogen) atoms. The summed E-state index contributed by atoms with van der Waals surface area (Å²) in [6.07, 6.45) is -2.73. The van der Waals surface area contributed by atoms with Crippen molar-refractivity contribution in [3.63, 3.8) is 0 Å². The Morgan fingerprint density at radius 2 is 1.70 bits per heavy atom. The van der Waals surface area contributed by atoms with Crippen LogP contribution in [-0.4, -0.2) is 19.3 Å². The second-order valence-corrected chi connectivity index (χ2v) is 4.78. The smallest absolute Gasteiger partial charge is 0.416 e. The minimum absolute atomic E-state index is 0.275. The molecule has 0 amide bonds. The summed E-state index contributed by atoms with van der Waals surface area (Å²) in [5.74, 6) is -0.418. The van der Waals surface area contributed by atoms with Crippen LogP contribution in [-0.2, 0) is 17.5 Å². The van der Waals surface area contributed by atoms with Gasteiger partial charge in [-0.25, -0.2) is 4.79 Å². The van der Waals surface area contributed by atoms with Crippen molar-refractivity contribution in [2.24, 2.45) is 4.99 Å². The van der Waals surface area contributed by atoms with Gasteiger partial charge in [-0.3, -0.25) is 4.99 Å². The van der Waals surface area contributed by atoms with Gasteiger partial charge in [0.25, 0.3) is 0 Å². The first-order valence-electron chi connectivity index (χ1n) is 6.74. The van der Waals surface area contributed by atoms with Gasteiger partial charge in [0.1, 0.15) is 0 Å². The predicted molar refractivity (Wildman–Crippen MR) is 80.5 cm³/mol. The van der Waals surface area contributed by atoms with E-state index in [1.54, 1.807) is 30.5 Å². The summed E-state index contributed by atoms with van der Waals surface area (Å²) in [6, 6.07) is 11.5.